The maximum atomic E-state index is 12.4. The lowest BCUT2D eigenvalue weighted by Crippen LogP contribution is -2.22. The van der Waals surface area contributed by atoms with E-state index in [1.54, 1.807) is 24.4 Å². The van der Waals surface area contributed by atoms with E-state index in [-0.39, 0.29) is 11.0 Å². The molecule has 2 heterocycles. The second-order valence-electron chi connectivity index (χ2n) is 4.90. The zero-order chi connectivity index (χ0) is 15.7. The molecule has 22 heavy (non-hydrogen) atoms. The molecule has 110 valence electrons. The minimum atomic E-state index is -0.514. The van der Waals surface area contributed by atoms with Crippen LogP contribution in [0.3, 0.4) is 0 Å². The topological polar surface area (TPSA) is 74.8 Å². The Bertz CT molecular complexity index is 917. The highest BCUT2D eigenvalue weighted by Gasteiger charge is 2.13. The number of H-pyrrole nitrogens is 1. The average molecular weight is 314 g/mol. The maximum absolute atomic E-state index is 12.4. The summed E-state index contributed by atoms with van der Waals surface area (Å²) in [4.78, 5) is 31.7. The number of nitrogens with one attached hydrogen (secondary N) is 2. The highest BCUT2D eigenvalue weighted by atomic mass is 35.5. The first kappa shape index (κ1) is 14.3. The average Bonchev–Trinajstić information content (AvgIpc) is 2.50. The molecule has 0 unspecified atom stereocenters. The van der Waals surface area contributed by atoms with Crippen molar-refractivity contribution in [2.45, 2.75) is 6.92 Å². The summed E-state index contributed by atoms with van der Waals surface area (Å²) in [7, 11) is 0. The Morgan fingerprint density at radius 1 is 1.27 bits per heavy atom. The van der Waals surface area contributed by atoms with E-state index in [4.69, 9.17) is 11.6 Å². The Morgan fingerprint density at radius 2 is 2.09 bits per heavy atom. The number of hydrogen-bond acceptors (Lipinski definition) is 3. The second-order valence-corrected chi connectivity index (χ2v) is 5.33. The lowest BCUT2D eigenvalue weighted by atomic mass is 10.1. The first-order valence-electron chi connectivity index (χ1n) is 6.59. The van der Waals surface area contributed by atoms with E-state index >= 15 is 0 Å². The molecule has 1 aromatic carbocycles. The molecule has 0 bridgehead atoms. The van der Waals surface area contributed by atoms with Gasteiger partial charge >= 0.3 is 0 Å². The van der Waals surface area contributed by atoms with Crippen molar-refractivity contribution in [3.05, 3.63) is 69.1 Å². The lowest BCUT2D eigenvalue weighted by Gasteiger charge is -2.05. The minimum Gasteiger partial charge on any atom is -0.360 e. The van der Waals surface area contributed by atoms with Crippen LogP contribution in [0, 0.1) is 6.92 Å². The van der Waals surface area contributed by atoms with E-state index in [0.29, 0.717) is 21.7 Å². The van der Waals surface area contributed by atoms with Crippen molar-refractivity contribution in [2.75, 3.05) is 5.32 Å². The molecule has 1 amide bonds. The number of nitrogens with zero attached hydrogens (tertiary/aromatic N) is 1. The molecule has 3 rings (SSSR count). The maximum Gasteiger partial charge on any atom is 0.262 e. The molecule has 0 radical (unpaired) electrons. The predicted molar refractivity (Wildman–Crippen MR) is 86.5 cm³/mol. The zero-order valence-corrected chi connectivity index (χ0v) is 12.4. The SMILES string of the molecule is Cc1ccc(NC(=O)c2c[nH]c3ccc(Cl)cc3c2=O)nc1. The fourth-order valence-corrected chi connectivity index (χ4v) is 2.26. The number of aromatic nitrogens is 2. The molecular weight excluding hydrogens is 302 g/mol. The number of hydrogen-bond donors (Lipinski definition) is 2. The van der Waals surface area contributed by atoms with Crippen molar-refractivity contribution in [1.29, 1.82) is 0 Å². The molecule has 0 aliphatic heterocycles. The van der Waals surface area contributed by atoms with Gasteiger partial charge in [0.1, 0.15) is 11.4 Å². The molecule has 0 fully saturated rings. The Balaban J connectivity index is 1.99. The Hall–Kier alpha value is -2.66. The van der Waals surface area contributed by atoms with Gasteiger partial charge in [-0.15, -0.1) is 0 Å². The van der Waals surface area contributed by atoms with Crippen LogP contribution in [0.5, 0.6) is 0 Å². The summed E-state index contributed by atoms with van der Waals surface area (Å²) in [5.74, 6) is -0.124. The second kappa shape index (κ2) is 5.61. The van der Waals surface area contributed by atoms with Crippen molar-refractivity contribution in [1.82, 2.24) is 9.97 Å². The van der Waals surface area contributed by atoms with Crippen LogP contribution in [0.1, 0.15) is 15.9 Å². The third kappa shape index (κ3) is 2.71. The molecule has 2 N–H and O–H groups in total. The normalized spacial score (nSPS) is 10.6. The molecule has 3 aromatic rings. The number of amides is 1. The molecule has 0 aliphatic carbocycles. The van der Waals surface area contributed by atoms with Gasteiger partial charge in [-0.25, -0.2) is 4.98 Å². The van der Waals surface area contributed by atoms with Gasteiger partial charge in [0.15, 0.2) is 0 Å². The summed E-state index contributed by atoms with van der Waals surface area (Å²) in [5.41, 5.74) is 1.24. The summed E-state index contributed by atoms with van der Waals surface area (Å²) in [6.45, 7) is 1.90. The summed E-state index contributed by atoms with van der Waals surface area (Å²) in [5, 5.41) is 3.42. The number of halogens is 1. The van der Waals surface area contributed by atoms with Gasteiger partial charge in [0, 0.05) is 28.3 Å². The smallest absolute Gasteiger partial charge is 0.262 e. The van der Waals surface area contributed by atoms with Crippen molar-refractivity contribution in [3.8, 4) is 0 Å². The predicted octanol–water partition coefficient (Wildman–Crippen LogP) is 3.14. The number of anilines is 1. The van der Waals surface area contributed by atoms with E-state index in [1.165, 1.54) is 12.3 Å². The molecule has 0 aliphatic rings. The number of carbonyl (C=O) groups excluding carboxylic acids is 1. The van der Waals surface area contributed by atoms with Crippen LogP contribution >= 0.6 is 11.6 Å². The molecule has 6 heteroatoms. The van der Waals surface area contributed by atoms with Crippen molar-refractivity contribution in [2.24, 2.45) is 0 Å². The van der Waals surface area contributed by atoms with Crippen LogP contribution in [0.4, 0.5) is 5.82 Å². The number of rotatable bonds is 2. The van der Waals surface area contributed by atoms with E-state index in [2.05, 4.69) is 15.3 Å². The fourth-order valence-electron chi connectivity index (χ4n) is 2.08. The number of aryl methyl sites for hydroxylation is 1. The number of carbonyl (C=O) groups is 1. The summed E-state index contributed by atoms with van der Waals surface area (Å²) < 4.78 is 0. The van der Waals surface area contributed by atoms with Gasteiger partial charge in [-0.3, -0.25) is 9.59 Å². The highest BCUT2D eigenvalue weighted by Crippen LogP contribution is 2.15. The van der Waals surface area contributed by atoms with Crippen LogP contribution in [-0.4, -0.2) is 15.9 Å². The van der Waals surface area contributed by atoms with Gasteiger partial charge < -0.3 is 10.3 Å². The first-order valence-corrected chi connectivity index (χ1v) is 6.97. The summed E-state index contributed by atoms with van der Waals surface area (Å²) >= 11 is 5.90. The molecule has 5 nitrogen and oxygen atoms in total. The van der Waals surface area contributed by atoms with Crippen molar-refractivity contribution >= 4 is 34.2 Å². The monoisotopic (exact) mass is 313 g/mol. The van der Waals surface area contributed by atoms with Crippen LogP contribution < -0.4 is 10.7 Å². The van der Waals surface area contributed by atoms with Crippen molar-refractivity contribution in [3.63, 3.8) is 0 Å². The summed E-state index contributed by atoms with van der Waals surface area (Å²) in [6.07, 6.45) is 3.03. The van der Waals surface area contributed by atoms with Gasteiger partial charge in [0.05, 0.1) is 0 Å². The Kier molecular flexibility index (Phi) is 3.65. The molecule has 0 saturated heterocycles. The van der Waals surface area contributed by atoms with Crippen LogP contribution in [0.2, 0.25) is 5.02 Å². The molecule has 2 aromatic heterocycles. The molecule has 0 atom stereocenters. The molecular formula is C16H12ClN3O2. The highest BCUT2D eigenvalue weighted by molar-refractivity contribution is 6.31. The number of aromatic amines is 1. The van der Waals surface area contributed by atoms with Crippen LogP contribution in [-0.2, 0) is 0 Å². The van der Waals surface area contributed by atoms with E-state index in [9.17, 15) is 9.59 Å². The summed E-state index contributed by atoms with van der Waals surface area (Å²) in [6, 6.07) is 8.42. The van der Waals surface area contributed by atoms with Gasteiger partial charge in [-0.2, -0.15) is 0 Å². The van der Waals surface area contributed by atoms with Crippen LogP contribution in [0.25, 0.3) is 10.9 Å². The third-order valence-electron chi connectivity index (χ3n) is 3.24. The standard InChI is InChI=1S/C16H12ClN3O2/c1-9-2-5-14(19-7-9)20-16(22)12-8-18-13-4-3-10(17)6-11(13)15(12)21/h2-8H,1H3,(H,18,21)(H,19,20,22). The lowest BCUT2D eigenvalue weighted by molar-refractivity contribution is 0.102. The van der Waals surface area contributed by atoms with Gasteiger partial charge in [-0.1, -0.05) is 17.7 Å². The van der Waals surface area contributed by atoms with E-state index in [1.807, 2.05) is 13.0 Å². The minimum absolute atomic E-state index is 0.0112. The van der Waals surface area contributed by atoms with Gasteiger partial charge in [0.2, 0.25) is 5.43 Å². The Morgan fingerprint density at radius 3 is 2.82 bits per heavy atom. The zero-order valence-electron chi connectivity index (χ0n) is 11.7. The van der Waals surface area contributed by atoms with E-state index in [0.717, 1.165) is 5.56 Å². The fraction of sp³-hybridized carbons (Fsp3) is 0.0625. The quantitative estimate of drug-likeness (QED) is 0.763. The molecule has 0 spiro atoms. The first-order chi connectivity index (χ1) is 10.5. The van der Waals surface area contributed by atoms with Crippen molar-refractivity contribution < 1.29 is 4.79 Å². The van der Waals surface area contributed by atoms with Crippen LogP contribution in [0.15, 0.2) is 47.5 Å². The van der Waals surface area contributed by atoms with Gasteiger partial charge in [0.25, 0.3) is 5.91 Å². The number of benzene rings is 1. The Labute approximate surface area is 131 Å². The largest absolute Gasteiger partial charge is 0.360 e. The number of pyridine rings is 2. The number of fused-ring (bicyclic) bond motifs is 1. The van der Waals surface area contributed by atoms with E-state index < -0.39 is 5.91 Å². The molecule has 0 saturated carbocycles. The van der Waals surface area contributed by atoms with Gasteiger partial charge in [-0.05, 0) is 36.8 Å². The third-order valence-corrected chi connectivity index (χ3v) is 3.48.